The fourth-order valence-corrected chi connectivity index (χ4v) is 10.5. The van der Waals surface area contributed by atoms with Crippen molar-refractivity contribution in [1.29, 1.82) is 0 Å². The molecule has 0 bridgehead atoms. The average Bonchev–Trinajstić information content (AvgIpc) is 3.77. The zero-order valence-corrected chi connectivity index (χ0v) is 31.7. The van der Waals surface area contributed by atoms with E-state index in [1.807, 2.05) is 0 Å². The predicted octanol–water partition coefficient (Wildman–Crippen LogP) is 14.1. The smallest absolute Gasteiger partial charge is 0.0725 e. The van der Waals surface area contributed by atoms with Crippen LogP contribution in [0.15, 0.2) is 176 Å². The van der Waals surface area contributed by atoms with E-state index in [1.54, 1.807) is 0 Å². The van der Waals surface area contributed by atoms with Crippen LogP contribution in [0.2, 0.25) is 0 Å². The first-order valence-corrected chi connectivity index (χ1v) is 19.5. The van der Waals surface area contributed by atoms with Crippen molar-refractivity contribution in [3.8, 4) is 44.5 Å². The number of fused-ring (bicyclic) bond motifs is 13. The summed E-state index contributed by atoms with van der Waals surface area (Å²) in [6.07, 6.45) is 0. The number of hydrogen-bond acceptors (Lipinski definition) is 1. The molecule has 0 unspecified atom stereocenters. The van der Waals surface area contributed by atoms with E-state index in [2.05, 4.69) is 209 Å². The maximum absolute atomic E-state index is 2.48. The second kappa shape index (κ2) is 11.5. The van der Waals surface area contributed by atoms with Gasteiger partial charge in [0.15, 0.2) is 0 Å². The van der Waals surface area contributed by atoms with Crippen molar-refractivity contribution in [2.24, 2.45) is 0 Å². The van der Waals surface area contributed by atoms with E-state index in [4.69, 9.17) is 0 Å². The molecule has 0 saturated heterocycles. The number of nitrogens with zero attached hydrogens (tertiary/aromatic N) is 1. The van der Waals surface area contributed by atoms with Gasteiger partial charge in [0.25, 0.3) is 0 Å². The van der Waals surface area contributed by atoms with Crippen molar-refractivity contribution >= 4 is 17.1 Å². The highest BCUT2D eigenvalue weighted by Gasteiger charge is 2.51. The van der Waals surface area contributed by atoms with Gasteiger partial charge in [-0.05, 0) is 139 Å². The molecule has 0 radical (unpaired) electrons. The molecule has 0 aliphatic heterocycles. The highest BCUT2D eigenvalue weighted by Crippen LogP contribution is 2.63. The molecule has 0 N–H and O–H groups in total. The molecule has 0 fully saturated rings. The minimum Gasteiger partial charge on any atom is -0.310 e. The van der Waals surface area contributed by atoms with Crippen molar-refractivity contribution in [3.05, 3.63) is 220 Å². The van der Waals surface area contributed by atoms with Crippen LogP contribution < -0.4 is 4.90 Å². The summed E-state index contributed by atoms with van der Waals surface area (Å²) in [4.78, 5) is 2.48. The fourth-order valence-electron chi connectivity index (χ4n) is 10.5. The maximum atomic E-state index is 2.48. The molecule has 8 aromatic carbocycles. The number of rotatable bonds is 4. The highest BCUT2D eigenvalue weighted by molar-refractivity contribution is 5.97. The van der Waals surface area contributed by atoms with Crippen LogP contribution in [0, 0.1) is 13.8 Å². The van der Waals surface area contributed by atoms with Crippen molar-refractivity contribution in [3.63, 3.8) is 0 Å². The Morgan fingerprint density at radius 1 is 0.309 bits per heavy atom. The lowest BCUT2D eigenvalue weighted by Gasteiger charge is -2.31. The summed E-state index contributed by atoms with van der Waals surface area (Å²) in [5.74, 6) is 0. The van der Waals surface area contributed by atoms with Gasteiger partial charge in [0.05, 0.1) is 5.41 Å². The van der Waals surface area contributed by atoms with Crippen LogP contribution in [-0.2, 0) is 10.8 Å². The first-order chi connectivity index (χ1) is 26.9. The van der Waals surface area contributed by atoms with E-state index in [1.165, 1.54) is 94.7 Å². The zero-order chi connectivity index (χ0) is 37.1. The summed E-state index contributed by atoms with van der Waals surface area (Å²) in [6.45, 7) is 9.20. The normalized spacial score (nSPS) is 14.5. The van der Waals surface area contributed by atoms with Gasteiger partial charge in [0.1, 0.15) is 0 Å². The summed E-state index contributed by atoms with van der Waals surface area (Å²) in [5, 5.41) is 0. The van der Waals surface area contributed by atoms with E-state index in [-0.39, 0.29) is 10.8 Å². The van der Waals surface area contributed by atoms with Crippen LogP contribution in [0.4, 0.5) is 17.1 Å². The van der Waals surface area contributed by atoms with Crippen molar-refractivity contribution in [2.75, 3.05) is 4.90 Å². The third-order valence-corrected chi connectivity index (χ3v) is 13.0. The summed E-state index contributed by atoms with van der Waals surface area (Å²) in [5.41, 5.74) is 24.3. The molecule has 1 spiro atoms. The van der Waals surface area contributed by atoms with E-state index in [0.29, 0.717) is 0 Å². The van der Waals surface area contributed by atoms with Gasteiger partial charge in [-0.1, -0.05) is 153 Å². The first kappa shape index (κ1) is 32.0. The van der Waals surface area contributed by atoms with Crippen LogP contribution in [-0.4, -0.2) is 0 Å². The minimum absolute atomic E-state index is 0.106. The minimum atomic E-state index is -0.363. The molecule has 11 rings (SSSR count). The Labute approximate surface area is 324 Å². The van der Waals surface area contributed by atoms with Gasteiger partial charge in [-0.3, -0.25) is 0 Å². The summed E-state index contributed by atoms with van der Waals surface area (Å²) in [6, 6.07) is 66.2. The van der Waals surface area contributed by atoms with Crippen LogP contribution in [0.3, 0.4) is 0 Å². The largest absolute Gasteiger partial charge is 0.310 e. The zero-order valence-electron chi connectivity index (χ0n) is 31.7. The first-order valence-electron chi connectivity index (χ1n) is 19.5. The van der Waals surface area contributed by atoms with Crippen molar-refractivity contribution in [2.45, 2.75) is 38.5 Å². The maximum Gasteiger partial charge on any atom is 0.0725 e. The number of anilines is 3. The third kappa shape index (κ3) is 4.30. The van der Waals surface area contributed by atoms with E-state index in [9.17, 15) is 0 Å². The van der Waals surface area contributed by atoms with Gasteiger partial charge >= 0.3 is 0 Å². The van der Waals surface area contributed by atoms with Crippen LogP contribution >= 0.6 is 0 Å². The number of aryl methyl sites for hydroxylation is 2. The molecular weight excluding hydrogens is 663 g/mol. The van der Waals surface area contributed by atoms with Gasteiger partial charge in [-0.25, -0.2) is 0 Å². The second-order valence-electron chi connectivity index (χ2n) is 16.2. The molecule has 8 aromatic rings. The number of benzene rings is 8. The second-order valence-corrected chi connectivity index (χ2v) is 16.2. The standard InChI is InChI=1S/C54H41N/c1-34-15-5-6-16-39(34)40-28-25-36(31-35(40)2)55(38-26-29-45-41-17-7-11-21-47(41)53(3,4)52(45)33-38)37-27-30-51-46(32-37)44-20-10-14-24-50(44)54(51)48-22-12-8-18-42(48)43-19-9-13-23-49(43)54/h5-33H,1-4H3. The highest BCUT2D eigenvalue weighted by atomic mass is 15.1. The van der Waals surface area contributed by atoms with Crippen LogP contribution in [0.5, 0.6) is 0 Å². The van der Waals surface area contributed by atoms with E-state index < -0.39 is 0 Å². The summed E-state index contributed by atoms with van der Waals surface area (Å²) in [7, 11) is 0. The molecule has 1 nitrogen and oxygen atoms in total. The van der Waals surface area contributed by atoms with Gasteiger partial charge < -0.3 is 4.90 Å². The van der Waals surface area contributed by atoms with E-state index in [0.717, 1.165) is 11.4 Å². The molecule has 3 aliphatic rings. The molecule has 0 aromatic heterocycles. The number of hydrogen-bond donors (Lipinski definition) is 0. The van der Waals surface area contributed by atoms with Crippen molar-refractivity contribution < 1.29 is 0 Å². The fraction of sp³-hybridized carbons (Fsp3) is 0.111. The van der Waals surface area contributed by atoms with Crippen LogP contribution in [0.1, 0.15) is 58.4 Å². The quantitative estimate of drug-likeness (QED) is 0.176. The predicted molar refractivity (Wildman–Crippen MR) is 230 cm³/mol. The Balaban J connectivity index is 1.14. The van der Waals surface area contributed by atoms with Crippen LogP contribution in [0.25, 0.3) is 44.5 Å². The van der Waals surface area contributed by atoms with E-state index >= 15 is 0 Å². The Bertz CT molecular complexity index is 2840. The SMILES string of the molecule is Cc1ccccc1-c1ccc(N(c2ccc3c(c2)-c2ccccc2C32c3ccccc3-c3ccccc32)c2ccc3c(c2)C(C)(C)c2ccccc2-3)cc1C. The lowest BCUT2D eigenvalue weighted by atomic mass is 9.70. The monoisotopic (exact) mass is 703 g/mol. The summed E-state index contributed by atoms with van der Waals surface area (Å²) >= 11 is 0. The van der Waals surface area contributed by atoms with Gasteiger partial charge in [-0.2, -0.15) is 0 Å². The Morgan fingerprint density at radius 2 is 0.709 bits per heavy atom. The third-order valence-electron chi connectivity index (χ3n) is 13.0. The average molecular weight is 704 g/mol. The molecular formula is C54H41N. The lowest BCUT2D eigenvalue weighted by Crippen LogP contribution is -2.25. The van der Waals surface area contributed by atoms with Gasteiger partial charge in [0.2, 0.25) is 0 Å². The van der Waals surface area contributed by atoms with Gasteiger partial charge in [-0.15, -0.1) is 0 Å². The lowest BCUT2D eigenvalue weighted by molar-refractivity contribution is 0.660. The molecule has 0 saturated carbocycles. The Kier molecular flexibility index (Phi) is 6.72. The molecule has 262 valence electrons. The molecule has 0 heterocycles. The summed E-state index contributed by atoms with van der Waals surface area (Å²) < 4.78 is 0. The molecule has 3 aliphatic carbocycles. The molecule has 0 amide bonds. The molecule has 0 atom stereocenters. The van der Waals surface area contributed by atoms with Gasteiger partial charge in [0, 0.05) is 22.5 Å². The topological polar surface area (TPSA) is 3.24 Å². The Hall–Kier alpha value is -6.44. The van der Waals surface area contributed by atoms with Crippen molar-refractivity contribution in [1.82, 2.24) is 0 Å². The molecule has 1 heteroatoms. The Morgan fingerprint density at radius 3 is 1.31 bits per heavy atom. The molecule has 55 heavy (non-hydrogen) atoms.